The van der Waals surface area contributed by atoms with Crippen LogP contribution >= 0.6 is 11.3 Å². The molecule has 0 aliphatic carbocycles. The van der Waals surface area contributed by atoms with Crippen molar-refractivity contribution in [3.8, 4) is 10.6 Å². The molecule has 2 aromatic heterocycles. The fraction of sp³-hybridized carbons (Fsp3) is 0.500. The molecule has 1 amide bonds. The van der Waals surface area contributed by atoms with E-state index in [1.54, 1.807) is 16.3 Å². The summed E-state index contributed by atoms with van der Waals surface area (Å²) in [6.07, 6.45) is 4.68. The van der Waals surface area contributed by atoms with Crippen molar-refractivity contribution in [2.24, 2.45) is 13.0 Å². The molecule has 108 valence electrons. The molecule has 0 aromatic carbocycles. The number of nitrogens with zero attached hydrogens (tertiary/aromatic N) is 3. The quantitative estimate of drug-likeness (QED) is 0.921. The molecule has 6 heteroatoms. The summed E-state index contributed by atoms with van der Waals surface area (Å²) in [7, 11) is 1.86. The maximum atomic E-state index is 12.1. The maximum Gasteiger partial charge on any atom is 0.270 e. The first-order valence-corrected chi connectivity index (χ1v) is 7.64. The lowest BCUT2D eigenvalue weighted by Gasteiger charge is -2.19. The Kier molecular flexibility index (Phi) is 4.54. The van der Waals surface area contributed by atoms with Gasteiger partial charge in [-0.1, -0.05) is 20.3 Å². The van der Waals surface area contributed by atoms with E-state index in [0.717, 1.165) is 17.0 Å². The zero-order valence-electron chi connectivity index (χ0n) is 12.3. The molecule has 0 fully saturated rings. The van der Waals surface area contributed by atoms with Gasteiger partial charge in [-0.25, -0.2) is 4.98 Å². The van der Waals surface area contributed by atoms with E-state index in [-0.39, 0.29) is 11.9 Å². The third-order valence-corrected chi connectivity index (χ3v) is 4.44. The summed E-state index contributed by atoms with van der Waals surface area (Å²) in [4.78, 5) is 16.5. The number of thiazole rings is 1. The molecule has 5 nitrogen and oxygen atoms in total. The fourth-order valence-corrected chi connectivity index (χ4v) is 2.59. The first-order chi connectivity index (χ1) is 9.51. The SMILES string of the molecule is CC[C@H](C)[C@H](C)NC(=O)c1csc(-c2cnn(C)c2)n1. The van der Waals surface area contributed by atoms with Crippen LogP contribution in [0.25, 0.3) is 10.6 Å². The van der Waals surface area contributed by atoms with Crippen LogP contribution in [0.15, 0.2) is 17.8 Å². The van der Waals surface area contributed by atoms with Gasteiger partial charge in [-0.05, 0) is 12.8 Å². The van der Waals surface area contributed by atoms with Crippen molar-refractivity contribution in [2.45, 2.75) is 33.2 Å². The smallest absolute Gasteiger partial charge is 0.270 e. The minimum absolute atomic E-state index is 0.107. The number of carbonyl (C=O) groups excluding carboxylic acids is 1. The number of rotatable bonds is 5. The molecule has 0 radical (unpaired) electrons. The van der Waals surface area contributed by atoms with E-state index in [1.165, 1.54) is 11.3 Å². The lowest BCUT2D eigenvalue weighted by molar-refractivity contribution is 0.0924. The van der Waals surface area contributed by atoms with Gasteiger partial charge in [-0.15, -0.1) is 11.3 Å². The van der Waals surface area contributed by atoms with Gasteiger partial charge in [0.25, 0.3) is 5.91 Å². The van der Waals surface area contributed by atoms with Gasteiger partial charge in [0.1, 0.15) is 10.7 Å². The Morgan fingerprint density at radius 1 is 1.50 bits per heavy atom. The molecule has 0 saturated heterocycles. The average Bonchev–Trinajstić information content (AvgIpc) is 3.05. The Balaban J connectivity index is 2.07. The molecule has 2 atom stereocenters. The number of nitrogens with one attached hydrogen (secondary N) is 1. The Labute approximate surface area is 123 Å². The van der Waals surface area contributed by atoms with E-state index < -0.39 is 0 Å². The Bertz CT molecular complexity index is 590. The molecule has 20 heavy (non-hydrogen) atoms. The van der Waals surface area contributed by atoms with Crippen LogP contribution < -0.4 is 5.32 Å². The Morgan fingerprint density at radius 3 is 2.85 bits per heavy atom. The minimum Gasteiger partial charge on any atom is -0.348 e. The van der Waals surface area contributed by atoms with Crippen molar-refractivity contribution >= 4 is 17.2 Å². The lowest BCUT2D eigenvalue weighted by atomic mass is 10.0. The van der Waals surface area contributed by atoms with Crippen molar-refractivity contribution in [1.82, 2.24) is 20.1 Å². The van der Waals surface area contributed by atoms with Crippen molar-refractivity contribution in [1.29, 1.82) is 0 Å². The molecule has 2 heterocycles. The second-order valence-corrected chi connectivity index (χ2v) is 5.95. The standard InChI is InChI=1S/C14H20N4OS/c1-5-9(2)10(3)16-13(19)12-8-20-14(17-12)11-6-15-18(4)7-11/h6-10H,5H2,1-4H3,(H,16,19)/t9-,10-/m0/s1. The van der Waals surface area contributed by atoms with Crippen molar-refractivity contribution in [3.05, 3.63) is 23.5 Å². The number of hydrogen-bond donors (Lipinski definition) is 1. The summed E-state index contributed by atoms with van der Waals surface area (Å²) in [5, 5.41) is 9.73. The zero-order valence-corrected chi connectivity index (χ0v) is 13.1. The van der Waals surface area contributed by atoms with Crippen LogP contribution in [0.5, 0.6) is 0 Å². The van der Waals surface area contributed by atoms with Crippen molar-refractivity contribution in [3.63, 3.8) is 0 Å². The van der Waals surface area contributed by atoms with E-state index in [9.17, 15) is 4.79 Å². The Morgan fingerprint density at radius 2 is 2.25 bits per heavy atom. The molecule has 0 spiro atoms. The second kappa shape index (κ2) is 6.17. The molecular weight excluding hydrogens is 272 g/mol. The summed E-state index contributed by atoms with van der Waals surface area (Å²) < 4.78 is 1.72. The van der Waals surface area contributed by atoms with Gasteiger partial charge < -0.3 is 5.32 Å². The monoisotopic (exact) mass is 292 g/mol. The molecule has 1 N–H and O–H groups in total. The first kappa shape index (κ1) is 14.7. The Hall–Kier alpha value is -1.69. The van der Waals surface area contributed by atoms with E-state index >= 15 is 0 Å². The average molecular weight is 292 g/mol. The van der Waals surface area contributed by atoms with Crippen LogP contribution in [0.4, 0.5) is 0 Å². The lowest BCUT2D eigenvalue weighted by Crippen LogP contribution is -2.37. The summed E-state index contributed by atoms with van der Waals surface area (Å²) in [6.45, 7) is 6.28. The van der Waals surface area contributed by atoms with Gasteiger partial charge in [-0.3, -0.25) is 9.48 Å². The summed E-state index contributed by atoms with van der Waals surface area (Å²) >= 11 is 1.46. The van der Waals surface area contributed by atoms with Crippen LogP contribution in [0.1, 0.15) is 37.7 Å². The van der Waals surface area contributed by atoms with E-state index in [4.69, 9.17) is 0 Å². The maximum absolute atomic E-state index is 12.1. The number of aryl methyl sites for hydroxylation is 1. The number of aromatic nitrogens is 3. The van der Waals surface area contributed by atoms with Gasteiger partial charge in [0, 0.05) is 30.2 Å². The summed E-state index contributed by atoms with van der Waals surface area (Å²) in [5.74, 6) is 0.347. The van der Waals surface area contributed by atoms with Gasteiger partial charge in [-0.2, -0.15) is 5.10 Å². The van der Waals surface area contributed by atoms with Crippen LogP contribution in [0.3, 0.4) is 0 Å². The predicted octanol–water partition coefficient (Wildman–Crippen LogP) is 2.71. The zero-order chi connectivity index (χ0) is 14.7. The van der Waals surface area contributed by atoms with Crippen LogP contribution in [-0.2, 0) is 7.05 Å². The largest absolute Gasteiger partial charge is 0.348 e. The van der Waals surface area contributed by atoms with Crippen LogP contribution in [-0.4, -0.2) is 26.7 Å². The topological polar surface area (TPSA) is 59.8 Å². The number of carbonyl (C=O) groups is 1. The molecule has 0 saturated carbocycles. The van der Waals surface area contributed by atoms with Crippen molar-refractivity contribution < 1.29 is 4.79 Å². The van der Waals surface area contributed by atoms with Crippen LogP contribution in [0, 0.1) is 5.92 Å². The highest BCUT2D eigenvalue weighted by atomic mass is 32.1. The third kappa shape index (κ3) is 3.25. The number of hydrogen-bond acceptors (Lipinski definition) is 4. The second-order valence-electron chi connectivity index (χ2n) is 5.09. The third-order valence-electron chi connectivity index (χ3n) is 3.54. The van der Waals surface area contributed by atoms with Gasteiger partial charge in [0.05, 0.1) is 6.20 Å². The van der Waals surface area contributed by atoms with Crippen molar-refractivity contribution in [2.75, 3.05) is 0 Å². The molecule has 2 rings (SSSR count). The highest BCUT2D eigenvalue weighted by Gasteiger charge is 2.17. The fourth-order valence-electron chi connectivity index (χ4n) is 1.82. The molecule has 0 aliphatic heterocycles. The molecule has 0 aliphatic rings. The molecular formula is C14H20N4OS. The van der Waals surface area contributed by atoms with E-state index in [1.807, 2.05) is 20.2 Å². The summed E-state index contributed by atoms with van der Waals surface area (Å²) in [5.41, 5.74) is 1.41. The molecule has 2 aromatic rings. The number of amides is 1. The highest BCUT2D eigenvalue weighted by molar-refractivity contribution is 7.13. The van der Waals surface area contributed by atoms with Crippen LogP contribution in [0.2, 0.25) is 0 Å². The van der Waals surface area contributed by atoms with Gasteiger partial charge >= 0.3 is 0 Å². The van der Waals surface area contributed by atoms with Gasteiger partial charge in [0.15, 0.2) is 0 Å². The summed E-state index contributed by atoms with van der Waals surface area (Å²) in [6, 6.07) is 0.149. The predicted molar refractivity (Wildman–Crippen MR) is 80.7 cm³/mol. The molecule has 0 bridgehead atoms. The molecule has 0 unspecified atom stereocenters. The normalized spacial score (nSPS) is 14.0. The minimum atomic E-state index is -0.107. The highest BCUT2D eigenvalue weighted by Crippen LogP contribution is 2.23. The van der Waals surface area contributed by atoms with Gasteiger partial charge in [0.2, 0.25) is 0 Å². The first-order valence-electron chi connectivity index (χ1n) is 6.76. The van der Waals surface area contributed by atoms with E-state index in [0.29, 0.717) is 11.6 Å². The van der Waals surface area contributed by atoms with E-state index in [2.05, 4.69) is 29.2 Å².